The maximum Gasteiger partial charge on any atom is 0.224 e. The number of aryl methyl sites for hydroxylation is 2. The number of carbonyl (C=O) groups excluding carboxylic acids is 1. The molecular formula is C25H25N5OS. The van der Waals surface area contributed by atoms with Crippen LogP contribution in [-0.4, -0.2) is 27.4 Å². The molecule has 32 heavy (non-hydrogen) atoms. The fourth-order valence-corrected chi connectivity index (χ4v) is 4.16. The highest BCUT2D eigenvalue weighted by Crippen LogP contribution is 2.29. The molecule has 0 saturated heterocycles. The van der Waals surface area contributed by atoms with Crippen LogP contribution >= 0.6 is 11.3 Å². The molecule has 0 aliphatic rings. The van der Waals surface area contributed by atoms with Gasteiger partial charge in [-0.25, -0.2) is 15.0 Å². The van der Waals surface area contributed by atoms with E-state index < -0.39 is 0 Å². The van der Waals surface area contributed by atoms with Gasteiger partial charge in [-0.05, 0) is 38.5 Å². The van der Waals surface area contributed by atoms with Crippen LogP contribution in [0.2, 0.25) is 0 Å². The second-order valence-corrected chi connectivity index (χ2v) is 8.39. The minimum Gasteiger partial charge on any atom is -0.354 e. The summed E-state index contributed by atoms with van der Waals surface area (Å²) in [5.74, 6) is 0.594. The van der Waals surface area contributed by atoms with Gasteiger partial charge in [0.05, 0.1) is 5.69 Å². The molecule has 6 nitrogen and oxygen atoms in total. The maximum atomic E-state index is 12.3. The van der Waals surface area contributed by atoms with Crippen molar-refractivity contribution in [2.24, 2.45) is 0 Å². The third-order valence-corrected chi connectivity index (χ3v) is 5.73. The Hall–Kier alpha value is -3.58. The molecule has 0 radical (unpaired) electrons. The third kappa shape index (κ3) is 5.76. The molecule has 7 heteroatoms. The lowest BCUT2D eigenvalue weighted by Gasteiger charge is -2.08. The van der Waals surface area contributed by atoms with E-state index in [-0.39, 0.29) is 5.91 Å². The van der Waals surface area contributed by atoms with E-state index in [0.29, 0.717) is 25.3 Å². The average molecular weight is 444 g/mol. The molecule has 0 bridgehead atoms. The van der Waals surface area contributed by atoms with E-state index in [9.17, 15) is 4.79 Å². The highest BCUT2D eigenvalue weighted by Gasteiger charge is 2.08. The van der Waals surface area contributed by atoms with Gasteiger partial charge in [0.15, 0.2) is 0 Å². The largest absolute Gasteiger partial charge is 0.354 e. The van der Waals surface area contributed by atoms with E-state index >= 15 is 0 Å². The van der Waals surface area contributed by atoms with Crippen molar-refractivity contribution in [1.29, 1.82) is 0 Å². The molecule has 4 rings (SSSR count). The number of nitrogens with zero attached hydrogens (tertiary/aromatic N) is 3. The zero-order valence-corrected chi connectivity index (χ0v) is 18.9. The van der Waals surface area contributed by atoms with E-state index in [1.807, 2.05) is 62.4 Å². The number of anilines is 2. The molecule has 1 amide bonds. The van der Waals surface area contributed by atoms with Crippen LogP contribution in [0.15, 0.2) is 66.0 Å². The summed E-state index contributed by atoms with van der Waals surface area (Å²) in [6.07, 6.45) is 1.12. The van der Waals surface area contributed by atoms with Gasteiger partial charge in [0.2, 0.25) is 11.9 Å². The minimum atomic E-state index is -0.0130. The van der Waals surface area contributed by atoms with Gasteiger partial charge in [0.1, 0.15) is 5.01 Å². The number of hydrogen-bond acceptors (Lipinski definition) is 6. The zero-order chi connectivity index (χ0) is 22.3. The molecule has 2 heterocycles. The smallest absolute Gasteiger partial charge is 0.224 e. The highest BCUT2D eigenvalue weighted by molar-refractivity contribution is 7.13. The fraction of sp³-hybridized carbons (Fsp3) is 0.200. The van der Waals surface area contributed by atoms with Crippen LogP contribution in [0.3, 0.4) is 0 Å². The molecule has 0 spiro atoms. The van der Waals surface area contributed by atoms with Gasteiger partial charge < -0.3 is 10.6 Å². The van der Waals surface area contributed by atoms with Crippen molar-refractivity contribution < 1.29 is 4.79 Å². The van der Waals surface area contributed by atoms with Crippen LogP contribution in [0.5, 0.6) is 0 Å². The summed E-state index contributed by atoms with van der Waals surface area (Å²) in [6.45, 7) is 4.52. The molecule has 2 aromatic heterocycles. The summed E-state index contributed by atoms with van der Waals surface area (Å²) < 4.78 is 0. The molecule has 4 aromatic rings. The third-order valence-electron chi connectivity index (χ3n) is 4.84. The normalized spacial score (nSPS) is 10.7. The quantitative estimate of drug-likeness (QED) is 0.341. The molecular weight excluding hydrogens is 418 g/mol. The topological polar surface area (TPSA) is 79.8 Å². The van der Waals surface area contributed by atoms with Gasteiger partial charge in [-0.2, -0.15) is 0 Å². The van der Waals surface area contributed by atoms with Gasteiger partial charge in [-0.3, -0.25) is 4.79 Å². The lowest BCUT2D eigenvalue weighted by Crippen LogP contribution is -2.14. The van der Waals surface area contributed by atoms with Crippen molar-refractivity contribution >= 4 is 28.9 Å². The Morgan fingerprint density at radius 3 is 2.34 bits per heavy atom. The number of rotatable bonds is 8. The summed E-state index contributed by atoms with van der Waals surface area (Å²) in [7, 11) is 0. The van der Waals surface area contributed by atoms with Crippen molar-refractivity contribution in [3.8, 4) is 21.8 Å². The lowest BCUT2D eigenvalue weighted by molar-refractivity contribution is -0.116. The molecule has 162 valence electrons. The monoisotopic (exact) mass is 443 g/mol. The first kappa shape index (κ1) is 21.6. The number of hydrogen-bond donors (Lipinski definition) is 2. The summed E-state index contributed by atoms with van der Waals surface area (Å²) in [5.41, 5.74) is 5.71. The van der Waals surface area contributed by atoms with Crippen molar-refractivity contribution in [3.63, 3.8) is 0 Å². The van der Waals surface area contributed by atoms with Crippen molar-refractivity contribution in [3.05, 3.63) is 77.4 Å². The first-order chi connectivity index (χ1) is 15.6. The molecule has 0 aliphatic carbocycles. The Bertz CT molecular complexity index is 1170. The van der Waals surface area contributed by atoms with Crippen LogP contribution in [0.25, 0.3) is 21.8 Å². The molecule has 0 aliphatic heterocycles. The highest BCUT2D eigenvalue weighted by atomic mass is 32.1. The van der Waals surface area contributed by atoms with Crippen LogP contribution in [0, 0.1) is 13.8 Å². The zero-order valence-electron chi connectivity index (χ0n) is 18.1. The Morgan fingerprint density at radius 1 is 0.906 bits per heavy atom. The molecule has 0 atom stereocenters. The predicted molar refractivity (Wildman–Crippen MR) is 131 cm³/mol. The first-order valence-corrected chi connectivity index (χ1v) is 11.4. The Balaban J connectivity index is 1.26. The van der Waals surface area contributed by atoms with Gasteiger partial charge in [-0.15, -0.1) is 11.3 Å². The van der Waals surface area contributed by atoms with Crippen LogP contribution < -0.4 is 10.6 Å². The molecule has 0 fully saturated rings. The summed E-state index contributed by atoms with van der Waals surface area (Å²) in [4.78, 5) is 25.7. The average Bonchev–Trinajstić information content (AvgIpc) is 3.28. The second-order valence-electron chi connectivity index (χ2n) is 7.53. The standard InChI is InChI=1S/C25H25N5OS/c1-17-15-18(2)28-25(27-17)26-14-6-9-23(31)29-21-12-10-19(11-13-21)22-16-32-24(30-22)20-7-4-3-5-8-20/h3-5,7-8,10-13,15-16H,6,9,14H2,1-2H3,(H,29,31)(H,26,27,28). The number of benzene rings is 2. The minimum absolute atomic E-state index is 0.0130. The van der Waals surface area contributed by atoms with E-state index in [1.165, 1.54) is 0 Å². The number of thiazole rings is 1. The van der Waals surface area contributed by atoms with E-state index in [0.717, 1.165) is 38.9 Å². The van der Waals surface area contributed by atoms with Crippen LogP contribution in [-0.2, 0) is 4.79 Å². The van der Waals surface area contributed by atoms with Crippen LogP contribution in [0.4, 0.5) is 11.6 Å². The Morgan fingerprint density at radius 2 is 1.62 bits per heavy atom. The van der Waals surface area contributed by atoms with E-state index in [4.69, 9.17) is 4.98 Å². The van der Waals surface area contributed by atoms with Crippen molar-refractivity contribution in [2.75, 3.05) is 17.2 Å². The number of carbonyl (C=O) groups is 1. The van der Waals surface area contributed by atoms with Crippen LogP contribution in [0.1, 0.15) is 24.2 Å². The lowest BCUT2D eigenvalue weighted by atomic mass is 10.1. The molecule has 0 saturated carbocycles. The van der Waals surface area contributed by atoms with E-state index in [2.05, 4.69) is 38.1 Å². The van der Waals surface area contributed by atoms with Gasteiger partial charge >= 0.3 is 0 Å². The maximum absolute atomic E-state index is 12.3. The molecule has 2 N–H and O–H groups in total. The molecule has 2 aromatic carbocycles. The van der Waals surface area contributed by atoms with Gasteiger partial charge in [-0.1, -0.05) is 42.5 Å². The van der Waals surface area contributed by atoms with E-state index in [1.54, 1.807) is 11.3 Å². The second kappa shape index (κ2) is 10.2. The first-order valence-electron chi connectivity index (χ1n) is 10.5. The Kier molecular flexibility index (Phi) is 6.87. The Labute approximate surface area is 191 Å². The fourth-order valence-electron chi connectivity index (χ4n) is 3.32. The molecule has 0 unspecified atom stereocenters. The summed E-state index contributed by atoms with van der Waals surface area (Å²) >= 11 is 1.63. The van der Waals surface area contributed by atoms with Crippen molar-refractivity contribution in [1.82, 2.24) is 15.0 Å². The summed E-state index contributed by atoms with van der Waals surface area (Å²) in [5, 5.41) is 9.19. The number of amides is 1. The SMILES string of the molecule is Cc1cc(C)nc(NCCCC(=O)Nc2ccc(-c3csc(-c4ccccc4)n3)cc2)n1. The van der Waals surface area contributed by atoms with Gasteiger partial charge in [0.25, 0.3) is 0 Å². The number of aromatic nitrogens is 3. The summed E-state index contributed by atoms with van der Waals surface area (Å²) in [6, 6.07) is 19.9. The van der Waals surface area contributed by atoms with Crippen molar-refractivity contribution in [2.45, 2.75) is 26.7 Å². The predicted octanol–water partition coefficient (Wildman–Crippen LogP) is 5.71. The van der Waals surface area contributed by atoms with Gasteiger partial charge in [0, 0.05) is 46.5 Å². The number of nitrogens with one attached hydrogen (secondary N) is 2.